The SMILES string of the molecule is CCCn1ncnc1CN(CC)CCN. The first-order valence-electron chi connectivity index (χ1n) is 5.60. The molecule has 15 heavy (non-hydrogen) atoms. The third kappa shape index (κ3) is 3.60. The van der Waals surface area contributed by atoms with Gasteiger partial charge in [0.05, 0.1) is 6.54 Å². The molecule has 0 unspecified atom stereocenters. The number of aromatic nitrogens is 3. The van der Waals surface area contributed by atoms with Crippen LogP contribution in [0.3, 0.4) is 0 Å². The second-order valence-electron chi connectivity index (χ2n) is 3.56. The molecule has 0 aliphatic carbocycles. The lowest BCUT2D eigenvalue weighted by molar-refractivity contribution is 0.274. The maximum absolute atomic E-state index is 5.55. The standard InChI is InChI=1S/C10H21N5/c1-3-6-15-10(12-9-13-15)8-14(4-2)7-5-11/h9H,3-8,11H2,1-2H3. The Hall–Kier alpha value is -0.940. The van der Waals surface area contributed by atoms with Crippen molar-refractivity contribution in [1.82, 2.24) is 19.7 Å². The normalized spacial score (nSPS) is 11.2. The van der Waals surface area contributed by atoms with Gasteiger partial charge in [-0.25, -0.2) is 9.67 Å². The molecule has 0 aliphatic rings. The topological polar surface area (TPSA) is 60.0 Å². The molecule has 1 rings (SSSR count). The molecule has 0 spiro atoms. The number of nitrogens with two attached hydrogens (primary N) is 1. The molecule has 0 saturated heterocycles. The highest BCUT2D eigenvalue weighted by Gasteiger charge is 2.08. The summed E-state index contributed by atoms with van der Waals surface area (Å²) in [4.78, 5) is 6.55. The number of nitrogens with zero attached hydrogens (tertiary/aromatic N) is 4. The molecule has 1 heterocycles. The molecule has 0 fully saturated rings. The average molecular weight is 211 g/mol. The molecule has 0 aliphatic heterocycles. The van der Waals surface area contributed by atoms with Crippen LogP contribution in [-0.4, -0.2) is 39.3 Å². The van der Waals surface area contributed by atoms with E-state index < -0.39 is 0 Å². The summed E-state index contributed by atoms with van der Waals surface area (Å²) >= 11 is 0. The van der Waals surface area contributed by atoms with Gasteiger partial charge in [0.25, 0.3) is 0 Å². The fraction of sp³-hybridized carbons (Fsp3) is 0.800. The van der Waals surface area contributed by atoms with Gasteiger partial charge in [-0.2, -0.15) is 5.10 Å². The van der Waals surface area contributed by atoms with E-state index in [4.69, 9.17) is 5.73 Å². The highest BCUT2D eigenvalue weighted by atomic mass is 15.3. The molecular formula is C10H21N5. The van der Waals surface area contributed by atoms with Gasteiger partial charge in [0, 0.05) is 19.6 Å². The summed E-state index contributed by atoms with van der Waals surface area (Å²) in [6, 6.07) is 0. The first kappa shape index (κ1) is 12.1. The van der Waals surface area contributed by atoms with E-state index in [0.717, 1.165) is 38.4 Å². The molecular weight excluding hydrogens is 190 g/mol. The average Bonchev–Trinajstić information content (AvgIpc) is 2.66. The number of hydrogen-bond acceptors (Lipinski definition) is 4. The Morgan fingerprint density at radius 2 is 2.27 bits per heavy atom. The van der Waals surface area contributed by atoms with Crippen molar-refractivity contribution in [1.29, 1.82) is 0 Å². The molecule has 0 bridgehead atoms. The van der Waals surface area contributed by atoms with Crippen LogP contribution in [0, 0.1) is 0 Å². The fourth-order valence-electron chi connectivity index (χ4n) is 1.54. The van der Waals surface area contributed by atoms with Crippen molar-refractivity contribution in [2.45, 2.75) is 33.4 Å². The molecule has 5 nitrogen and oxygen atoms in total. The quantitative estimate of drug-likeness (QED) is 0.712. The van der Waals surface area contributed by atoms with Gasteiger partial charge >= 0.3 is 0 Å². The third-order valence-corrected chi connectivity index (χ3v) is 2.39. The van der Waals surface area contributed by atoms with Crippen LogP contribution in [0.4, 0.5) is 0 Å². The van der Waals surface area contributed by atoms with Crippen molar-refractivity contribution in [2.75, 3.05) is 19.6 Å². The maximum Gasteiger partial charge on any atom is 0.141 e. The molecule has 0 atom stereocenters. The van der Waals surface area contributed by atoms with Crippen LogP contribution in [0.2, 0.25) is 0 Å². The summed E-state index contributed by atoms with van der Waals surface area (Å²) < 4.78 is 1.97. The van der Waals surface area contributed by atoms with Crippen molar-refractivity contribution >= 4 is 0 Å². The molecule has 0 amide bonds. The zero-order chi connectivity index (χ0) is 11.1. The second-order valence-corrected chi connectivity index (χ2v) is 3.56. The van der Waals surface area contributed by atoms with Gasteiger partial charge in [-0.1, -0.05) is 13.8 Å². The van der Waals surface area contributed by atoms with Gasteiger partial charge < -0.3 is 5.73 Å². The van der Waals surface area contributed by atoms with E-state index in [1.807, 2.05) is 4.68 Å². The van der Waals surface area contributed by atoms with Gasteiger partial charge in [-0.3, -0.25) is 4.90 Å². The smallest absolute Gasteiger partial charge is 0.141 e. The molecule has 0 saturated carbocycles. The van der Waals surface area contributed by atoms with Crippen molar-refractivity contribution in [3.8, 4) is 0 Å². The first-order valence-corrected chi connectivity index (χ1v) is 5.60. The Balaban J connectivity index is 2.57. The summed E-state index contributed by atoms with van der Waals surface area (Å²) in [6.07, 6.45) is 2.71. The molecule has 2 N–H and O–H groups in total. The Morgan fingerprint density at radius 3 is 2.87 bits per heavy atom. The van der Waals surface area contributed by atoms with Gasteiger partial charge in [-0.05, 0) is 13.0 Å². The van der Waals surface area contributed by atoms with Gasteiger partial charge in [0.15, 0.2) is 0 Å². The number of rotatable bonds is 7. The van der Waals surface area contributed by atoms with Gasteiger partial charge in [0.2, 0.25) is 0 Å². The Bertz CT molecular complexity index is 271. The highest BCUT2D eigenvalue weighted by Crippen LogP contribution is 2.01. The summed E-state index contributed by atoms with van der Waals surface area (Å²) in [5, 5.41) is 4.20. The van der Waals surface area contributed by atoms with E-state index in [1.165, 1.54) is 0 Å². The van der Waals surface area contributed by atoms with Crippen LogP contribution in [0.25, 0.3) is 0 Å². The molecule has 1 aromatic rings. The minimum atomic E-state index is 0.690. The molecule has 0 radical (unpaired) electrons. The van der Waals surface area contributed by atoms with Gasteiger partial charge in [0.1, 0.15) is 12.2 Å². The van der Waals surface area contributed by atoms with Crippen molar-refractivity contribution in [3.63, 3.8) is 0 Å². The first-order chi connectivity index (χ1) is 7.31. The minimum absolute atomic E-state index is 0.690. The maximum atomic E-state index is 5.55. The second kappa shape index (κ2) is 6.53. The van der Waals surface area contributed by atoms with E-state index in [0.29, 0.717) is 6.54 Å². The summed E-state index contributed by atoms with van der Waals surface area (Å²) in [5.74, 6) is 1.03. The lowest BCUT2D eigenvalue weighted by Gasteiger charge is -2.18. The largest absolute Gasteiger partial charge is 0.329 e. The molecule has 5 heteroatoms. The van der Waals surface area contributed by atoms with Crippen LogP contribution in [0.5, 0.6) is 0 Å². The van der Waals surface area contributed by atoms with E-state index in [9.17, 15) is 0 Å². The van der Waals surface area contributed by atoms with E-state index in [2.05, 4.69) is 28.8 Å². The van der Waals surface area contributed by atoms with Crippen LogP contribution < -0.4 is 5.73 Å². The summed E-state index contributed by atoms with van der Waals surface area (Å²) in [5.41, 5.74) is 5.55. The predicted octanol–water partition coefficient (Wildman–Crippen LogP) is 0.469. The summed E-state index contributed by atoms with van der Waals surface area (Å²) in [6.45, 7) is 8.66. The fourth-order valence-corrected chi connectivity index (χ4v) is 1.54. The monoisotopic (exact) mass is 211 g/mol. The highest BCUT2D eigenvalue weighted by molar-refractivity contribution is 4.84. The number of aryl methyl sites for hydroxylation is 1. The number of hydrogen-bond donors (Lipinski definition) is 1. The van der Waals surface area contributed by atoms with E-state index in [1.54, 1.807) is 6.33 Å². The van der Waals surface area contributed by atoms with E-state index in [-0.39, 0.29) is 0 Å². The van der Waals surface area contributed by atoms with Crippen molar-refractivity contribution < 1.29 is 0 Å². The zero-order valence-electron chi connectivity index (χ0n) is 9.69. The lowest BCUT2D eigenvalue weighted by atomic mass is 10.4. The molecule has 0 aromatic carbocycles. The Kier molecular flexibility index (Phi) is 5.28. The lowest BCUT2D eigenvalue weighted by Crippen LogP contribution is -2.30. The van der Waals surface area contributed by atoms with Crippen molar-refractivity contribution in [2.24, 2.45) is 5.73 Å². The van der Waals surface area contributed by atoms with E-state index >= 15 is 0 Å². The van der Waals surface area contributed by atoms with Crippen LogP contribution in [0.15, 0.2) is 6.33 Å². The molecule has 86 valence electrons. The van der Waals surface area contributed by atoms with Crippen LogP contribution in [-0.2, 0) is 13.1 Å². The predicted molar refractivity (Wildman–Crippen MR) is 60.3 cm³/mol. The molecule has 1 aromatic heterocycles. The van der Waals surface area contributed by atoms with Crippen LogP contribution >= 0.6 is 0 Å². The Morgan fingerprint density at radius 1 is 1.47 bits per heavy atom. The van der Waals surface area contributed by atoms with Gasteiger partial charge in [-0.15, -0.1) is 0 Å². The van der Waals surface area contributed by atoms with Crippen LogP contribution in [0.1, 0.15) is 26.1 Å². The minimum Gasteiger partial charge on any atom is -0.329 e. The third-order valence-electron chi connectivity index (χ3n) is 2.39. The zero-order valence-corrected chi connectivity index (χ0v) is 9.69. The summed E-state index contributed by atoms with van der Waals surface area (Å²) in [7, 11) is 0. The number of likely N-dealkylation sites (N-methyl/N-ethyl adjacent to an activating group) is 1. The van der Waals surface area contributed by atoms with Crippen molar-refractivity contribution in [3.05, 3.63) is 12.2 Å². The Labute approximate surface area is 91.3 Å².